The van der Waals surface area contributed by atoms with Crippen LogP contribution in [-0.2, 0) is 6.54 Å². The van der Waals surface area contributed by atoms with Gasteiger partial charge in [0.1, 0.15) is 0 Å². The maximum Gasteiger partial charge on any atom is 0.217 e. The Morgan fingerprint density at radius 1 is 1.62 bits per heavy atom. The number of hydrogen-bond acceptors (Lipinski definition) is 3. The second kappa shape index (κ2) is 6.73. The lowest BCUT2D eigenvalue weighted by molar-refractivity contribution is 0.201. The fraction of sp³-hybridized carbons (Fsp3) is 0.364. The summed E-state index contributed by atoms with van der Waals surface area (Å²) >= 11 is 3.25. The molecule has 0 amide bonds. The molecule has 0 aliphatic carbocycles. The van der Waals surface area contributed by atoms with Crippen LogP contribution < -0.4 is 0 Å². The predicted molar refractivity (Wildman–Crippen MR) is 64.5 cm³/mol. The number of pyridine rings is 1. The van der Waals surface area contributed by atoms with Crippen molar-refractivity contribution in [1.82, 2.24) is 9.88 Å². The van der Waals surface area contributed by atoms with E-state index >= 15 is 0 Å². The highest BCUT2D eigenvalue weighted by molar-refractivity contribution is 9.10. The lowest BCUT2D eigenvalue weighted by atomic mass is 10.2. The first-order chi connectivity index (χ1) is 7.67. The van der Waals surface area contributed by atoms with Gasteiger partial charge in [0.05, 0.1) is 6.61 Å². The predicted octanol–water partition coefficient (Wildman–Crippen LogP) is 1.96. The number of rotatable bonds is 6. The molecule has 88 valence electrons. The van der Waals surface area contributed by atoms with Crippen molar-refractivity contribution >= 4 is 15.9 Å². The first kappa shape index (κ1) is 13.3. The van der Waals surface area contributed by atoms with E-state index in [1.807, 2.05) is 4.90 Å². The summed E-state index contributed by atoms with van der Waals surface area (Å²) in [5.41, 5.74) is 0.504. The first-order valence-corrected chi connectivity index (χ1v) is 5.70. The summed E-state index contributed by atoms with van der Waals surface area (Å²) in [5.74, 6) is -0.477. The van der Waals surface area contributed by atoms with Crippen LogP contribution in [0.3, 0.4) is 0 Å². The van der Waals surface area contributed by atoms with Gasteiger partial charge in [0.15, 0.2) is 0 Å². The van der Waals surface area contributed by atoms with E-state index < -0.39 is 5.95 Å². The van der Waals surface area contributed by atoms with Crippen LogP contribution in [0.1, 0.15) is 5.56 Å². The van der Waals surface area contributed by atoms with Gasteiger partial charge in [-0.05, 0) is 22.0 Å². The molecular formula is C11H14BrFN2O. The SMILES string of the molecule is C=CCN(CCO)Cc1cc(Br)cnc1F. The summed E-state index contributed by atoms with van der Waals surface area (Å²) < 4.78 is 14.1. The van der Waals surface area contributed by atoms with Crippen molar-refractivity contribution in [1.29, 1.82) is 0 Å². The van der Waals surface area contributed by atoms with E-state index in [-0.39, 0.29) is 6.61 Å². The zero-order valence-corrected chi connectivity index (χ0v) is 10.5. The van der Waals surface area contributed by atoms with Crippen LogP contribution in [0, 0.1) is 5.95 Å². The fourth-order valence-electron chi connectivity index (χ4n) is 1.38. The Balaban J connectivity index is 2.75. The molecular weight excluding hydrogens is 275 g/mol. The molecule has 0 fully saturated rings. The molecule has 0 aromatic carbocycles. The molecule has 0 aliphatic rings. The molecule has 1 aromatic rings. The molecule has 0 aliphatic heterocycles. The molecule has 1 heterocycles. The quantitative estimate of drug-likeness (QED) is 0.642. The minimum Gasteiger partial charge on any atom is -0.395 e. The summed E-state index contributed by atoms with van der Waals surface area (Å²) in [7, 11) is 0. The summed E-state index contributed by atoms with van der Waals surface area (Å²) in [6.45, 7) is 5.16. The van der Waals surface area contributed by atoms with Gasteiger partial charge in [-0.2, -0.15) is 4.39 Å². The minimum atomic E-state index is -0.477. The normalized spacial score (nSPS) is 10.8. The third kappa shape index (κ3) is 4.00. The third-order valence-electron chi connectivity index (χ3n) is 2.08. The van der Waals surface area contributed by atoms with Crippen molar-refractivity contribution < 1.29 is 9.50 Å². The van der Waals surface area contributed by atoms with Crippen LogP contribution in [0.2, 0.25) is 0 Å². The number of nitrogens with zero attached hydrogens (tertiary/aromatic N) is 2. The summed E-state index contributed by atoms with van der Waals surface area (Å²) in [6.07, 6.45) is 3.14. The van der Waals surface area contributed by atoms with Gasteiger partial charge < -0.3 is 5.11 Å². The second-order valence-electron chi connectivity index (χ2n) is 3.35. The molecule has 0 saturated heterocycles. The third-order valence-corrected chi connectivity index (χ3v) is 2.51. The number of halogens is 2. The summed E-state index contributed by atoms with van der Waals surface area (Å²) in [6, 6.07) is 1.69. The van der Waals surface area contributed by atoms with E-state index in [1.54, 1.807) is 12.1 Å². The molecule has 0 saturated carbocycles. The molecule has 0 spiro atoms. The van der Waals surface area contributed by atoms with Crippen LogP contribution in [-0.4, -0.2) is 34.7 Å². The molecule has 1 rings (SSSR count). The van der Waals surface area contributed by atoms with E-state index in [0.29, 0.717) is 25.2 Å². The van der Waals surface area contributed by atoms with Crippen molar-refractivity contribution in [2.45, 2.75) is 6.54 Å². The van der Waals surface area contributed by atoms with Gasteiger partial charge in [0, 0.05) is 35.9 Å². The van der Waals surface area contributed by atoms with Crippen molar-refractivity contribution in [3.8, 4) is 0 Å². The minimum absolute atomic E-state index is 0.0386. The zero-order valence-electron chi connectivity index (χ0n) is 8.87. The highest BCUT2D eigenvalue weighted by atomic mass is 79.9. The van der Waals surface area contributed by atoms with Gasteiger partial charge in [-0.25, -0.2) is 4.98 Å². The monoisotopic (exact) mass is 288 g/mol. The Hall–Kier alpha value is -0.780. The van der Waals surface area contributed by atoms with Gasteiger partial charge in [-0.15, -0.1) is 6.58 Å². The maximum absolute atomic E-state index is 13.4. The molecule has 0 atom stereocenters. The fourth-order valence-corrected chi connectivity index (χ4v) is 1.75. The van der Waals surface area contributed by atoms with E-state index in [9.17, 15) is 4.39 Å². The first-order valence-electron chi connectivity index (χ1n) is 4.91. The van der Waals surface area contributed by atoms with E-state index in [1.165, 1.54) is 6.20 Å². The van der Waals surface area contributed by atoms with Gasteiger partial charge in [-0.1, -0.05) is 6.08 Å². The van der Waals surface area contributed by atoms with E-state index in [4.69, 9.17) is 5.11 Å². The number of aliphatic hydroxyl groups excluding tert-OH is 1. The maximum atomic E-state index is 13.4. The number of hydrogen-bond donors (Lipinski definition) is 1. The van der Waals surface area contributed by atoms with Crippen LogP contribution in [0.25, 0.3) is 0 Å². The van der Waals surface area contributed by atoms with E-state index in [0.717, 1.165) is 4.47 Å². The lowest BCUT2D eigenvalue weighted by Crippen LogP contribution is -2.27. The molecule has 5 heteroatoms. The van der Waals surface area contributed by atoms with Gasteiger partial charge in [0.2, 0.25) is 5.95 Å². The van der Waals surface area contributed by atoms with Crippen molar-refractivity contribution in [3.05, 3.63) is 40.9 Å². The summed E-state index contributed by atoms with van der Waals surface area (Å²) in [5, 5.41) is 8.87. The molecule has 0 radical (unpaired) electrons. The Morgan fingerprint density at radius 2 is 2.38 bits per heavy atom. The van der Waals surface area contributed by atoms with Crippen molar-refractivity contribution in [2.24, 2.45) is 0 Å². The van der Waals surface area contributed by atoms with Crippen LogP contribution in [0.15, 0.2) is 29.4 Å². The highest BCUT2D eigenvalue weighted by Gasteiger charge is 2.09. The van der Waals surface area contributed by atoms with Crippen LogP contribution in [0.5, 0.6) is 0 Å². The molecule has 0 bridgehead atoms. The standard InChI is InChI=1S/C11H14BrFN2O/c1-2-3-15(4-5-16)8-9-6-10(12)7-14-11(9)13/h2,6-7,16H,1,3-5,8H2. The van der Waals surface area contributed by atoms with Crippen molar-refractivity contribution in [3.63, 3.8) is 0 Å². The smallest absolute Gasteiger partial charge is 0.217 e. The average Bonchev–Trinajstić information content (AvgIpc) is 2.24. The lowest BCUT2D eigenvalue weighted by Gasteiger charge is -2.19. The molecule has 16 heavy (non-hydrogen) atoms. The Labute approximate surface area is 103 Å². The number of aliphatic hydroxyl groups is 1. The van der Waals surface area contributed by atoms with Gasteiger partial charge in [-0.3, -0.25) is 4.90 Å². The van der Waals surface area contributed by atoms with Gasteiger partial charge in [0.25, 0.3) is 0 Å². The van der Waals surface area contributed by atoms with E-state index in [2.05, 4.69) is 27.5 Å². The van der Waals surface area contributed by atoms with Crippen LogP contribution in [0.4, 0.5) is 4.39 Å². The molecule has 3 nitrogen and oxygen atoms in total. The van der Waals surface area contributed by atoms with Crippen molar-refractivity contribution in [2.75, 3.05) is 19.7 Å². The highest BCUT2D eigenvalue weighted by Crippen LogP contribution is 2.14. The molecule has 1 aromatic heterocycles. The summed E-state index contributed by atoms with van der Waals surface area (Å²) in [4.78, 5) is 5.51. The molecule has 0 unspecified atom stereocenters. The largest absolute Gasteiger partial charge is 0.395 e. The van der Waals surface area contributed by atoms with Gasteiger partial charge >= 0.3 is 0 Å². The Morgan fingerprint density at radius 3 is 3.00 bits per heavy atom. The second-order valence-corrected chi connectivity index (χ2v) is 4.27. The Bertz CT molecular complexity index is 360. The Kier molecular flexibility index (Phi) is 5.59. The topological polar surface area (TPSA) is 36.4 Å². The molecule has 1 N–H and O–H groups in total. The van der Waals surface area contributed by atoms with Crippen LogP contribution >= 0.6 is 15.9 Å². The number of aromatic nitrogens is 1. The average molecular weight is 289 g/mol. The zero-order chi connectivity index (χ0) is 12.0.